The van der Waals surface area contributed by atoms with Crippen LogP contribution in [0.3, 0.4) is 0 Å². The number of aromatic nitrogens is 2. The number of phenolic OH excluding ortho intramolecular Hbond substituents is 2. The van der Waals surface area contributed by atoms with Crippen LogP contribution in [0.15, 0.2) is 35.7 Å². The second kappa shape index (κ2) is 5.91. The maximum Gasteiger partial charge on any atom is 0.343 e. The summed E-state index contributed by atoms with van der Waals surface area (Å²) in [6, 6.07) is 3.80. The van der Waals surface area contributed by atoms with Crippen molar-refractivity contribution in [3.63, 3.8) is 0 Å². The van der Waals surface area contributed by atoms with Gasteiger partial charge in [-0.15, -0.1) is 0 Å². The van der Waals surface area contributed by atoms with Gasteiger partial charge in [0.1, 0.15) is 17.4 Å². The number of Topliss-reactive ketones (excluding diaryl/α,β-unsaturated/α-hetero) is 1. The zero-order chi connectivity index (χ0) is 18.4. The summed E-state index contributed by atoms with van der Waals surface area (Å²) in [6.07, 6.45) is 3.22. The Kier molecular flexibility index (Phi) is 3.68. The lowest BCUT2D eigenvalue weighted by Crippen LogP contribution is -2.31. The molecule has 0 saturated carbocycles. The molecule has 3 N–H and O–H groups in total. The van der Waals surface area contributed by atoms with Gasteiger partial charge < -0.3 is 20.3 Å². The first-order valence-corrected chi connectivity index (χ1v) is 8.22. The van der Waals surface area contributed by atoms with E-state index in [1.165, 1.54) is 25.4 Å². The van der Waals surface area contributed by atoms with Gasteiger partial charge in [-0.25, -0.2) is 9.48 Å². The maximum absolute atomic E-state index is 12.6. The first-order valence-electron chi connectivity index (χ1n) is 8.22. The molecule has 0 bridgehead atoms. The van der Waals surface area contributed by atoms with Crippen LogP contribution in [0.1, 0.15) is 41.2 Å². The van der Waals surface area contributed by atoms with Crippen LogP contribution in [0.4, 0.5) is 5.82 Å². The van der Waals surface area contributed by atoms with E-state index in [1.54, 1.807) is 10.7 Å². The molecule has 1 aromatic carbocycles. The number of ether oxygens (including phenoxy) is 1. The van der Waals surface area contributed by atoms with Crippen molar-refractivity contribution in [2.75, 3.05) is 12.4 Å². The SMILES string of the molecule is COC(=O)c1cnn2c1NC1=C(C(=O)CCC1)[C@@H]2c1ccc(O)c(O)c1. The number of ketones is 1. The van der Waals surface area contributed by atoms with Crippen LogP contribution >= 0.6 is 0 Å². The first kappa shape index (κ1) is 16.2. The van der Waals surface area contributed by atoms with Gasteiger partial charge in [0.15, 0.2) is 17.3 Å². The molecule has 1 aliphatic carbocycles. The quantitative estimate of drug-likeness (QED) is 0.558. The summed E-state index contributed by atoms with van der Waals surface area (Å²) < 4.78 is 6.35. The Labute approximate surface area is 148 Å². The van der Waals surface area contributed by atoms with Crippen LogP contribution in [0.5, 0.6) is 11.5 Å². The molecule has 0 saturated heterocycles. The number of rotatable bonds is 2. The molecule has 4 rings (SSSR count). The largest absolute Gasteiger partial charge is 0.504 e. The van der Waals surface area contributed by atoms with Gasteiger partial charge in [0.05, 0.1) is 13.3 Å². The van der Waals surface area contributed by atoms with Crippen molar-refractivity contribution in [3.05, 3.63) is 46.8 Å². The van der Waals surface area contributed by atoms with Crippen molar-refractivity contribution in [3.8, 4) is 11.5 Å². The Morgan fingerprint density at radius 1 is 1.31 bits per heavy atom. The highest BCUT2D eigenvalue weighted by molar-refractivity contribution is 6.01. The molecule has 0 spiro atoms. The van der Waals surface area contributed by atoms with E-state index >= 15 is 0 Å². The fourth-order valence-electron chi connectivity index (χ4n) is 3.54. The molecule has 1 atom stereocenters. The molecule has 0 amide bonds. The summed E-state index contributed by atoms with van der Waals surface area (Å²) in [7, 11) is 1.29. The highest BCUT2D eigenvalue weighted by atomic mass is 16.5. The highest BCUT2D eigenvalue weighted by Crippen LogP contribution is 2.43. The zero-order valence-electron chi connectivity index (χ0n) is 14.0. The van der Waals surface area contributed by atoms with Crippen molar-refractivity contribution >= 4 is 17.6 Å². The molecule has 1 aromatic heterocycles. The number of esters is 1. The van der Waals surface area contributed by atoms with Crippen molar-refractivity contribution in [2.45, 2.75) is 25.3 Å². The third-order valence-electron chi connectivity index (χ3n) is 4.76. The van der Waals surface area contributed by atoms with E-state index in [4.69, 9.17) is 4.74 Å². The summed E-state index contributed by atoms with van der Waals surface area (Å²) in [5.41, 5.74) is 2.17. The number of aromatic hydroxyl groups is 2. The number of carbonyl (C=O) groups excluding carboxylic acids is 2. The van der Waals surface area contributed by atoms with Crippen LogP contribution in [-0.2, 0) is 9.53 Å². The maximum atomic E-state index is 12.6. The third kappa shape index (κ3) is 2.33. The van der Waals surface area contributed by atoms with Gasteiger partial charge in [0, 0.05) is 17.7 Å². The number of methoxy groups -OCH3 is 1. The van der Waals surface area contributed by atoms with E-state index in [0.29, 0.717) is 29.8 Å². The predicted octanol–water partition coefficient (Wildman–Crippen LogP) is 2.10. The van der Waals surface area contributed by atoms with E-state index in [2.05, 4.69) is 10.4 Å². The van der Waals surface area contributed by atoms with Crippen molar-refractivity contribution < 1.29 is 24.5 Å². The van der Waals surface area contributed by atoms with Gasteiger partial charge >= 0.3 is 5.97 Å². The molecule has 2 heterocycles. The number of phenols is 2. The number of hydrogen-bond acceptors (Lipinski definition) is 7. The number of fused-ring (bicyclic) bond motifs is 1. The highest BCUT2D eigenvalue weighted by Gasteiger charge is 2.37. The summed E-state index contributed by atoms with van der Waals surface area (Å²) >= 11 is 0. The summed E-state index contributed by atoms with van der Waals surface area (Å²) in [4.78, 5) is 24.7. The van der Waals surface area contributed by atoms with Gasteiger partial charge in [-0.3, -0.25) is 4.79 Å². The third-order valence-corrected chi connectivity index (χ3v) is 4.76. The second-order valence-corrected chi connectivity index (χ2v) is 6.29. The van der Waals surface area contributed by atoms with Gasteiger partial charge in [-0.1, -0.05) is 6.07 Å². The summed E-state index contributed by atoms with van der Waals surface area (Å²) in [5.74, 6) is -0.617. The predicted molar refractivity (Wildman–Crippen MR) is 91.0 cm³/mol. The number of anilines is 1. The molecule has 1 aliphatic heterocycles. The Morgan fingerprint density at radius 2 is 2.12 bits per heavy atom. The Bertz CT molecular complexity index is 960. The molecule has 8 nitrogen and oxygen atoms in total. The summed E-state index contributed by atoms with van der Waals surface area (Å²) in [6.45, 7) is 0. The van der Waals surface area contributed by atoms with E-state index in [0.717, 1.165) is 12.1 Å². The van der Waals surface area contributed by atoms with Crippen LogP contribution in [0, 0.1) is 0 Å². The molecule has 134 valence electrons. The molecule has 2 aliphatic rings. The fraction of sp³-hybridized carbons (Fsp3) is 0.278. The first-order chi connectivity index (χ1) is 12.5. The number of hydrogen-bond donors (Lipinski definition) is 3. The molecule has 0 radical (unpaired) electrons. The Morgan fingerprint density at radius 3 is 2.85 bits per heavy atom. The number of benzene rings is 1. The van der Waals surface area contributed by atoms with Gasteiger partial charge in [-0.2, -0.15) is 5.10 Å². The smallest absolute Gasteiger partial charge is 0.343 e. The van der Waals surface area contributed by atoms with Crippen molar-refractivity contribution in [1.82, 2.24) is 9.78 Å². The minimum atomic E-state index is -0.598. The number of nitrogens with one attached hydrogen (secondary N) is 1. The van der Waals surface area contributed by atoms with Crippen LogP contribution in [-0.4, -0.2) is 38.9 Å². The molecule has 0 fully saturated rings. The standard InChI is InChI=1S/C18H17N3O5/c1-26-18(25)10-8-19-21-16(9-5-6-12(22)14(24)7-9)15-11(20-17(10)21)3-2-4-13(15)23/h5-8,16,20,22,24H,2-4H2,1H3/t16-/m0/s1. The van der Waals surface area contributed by atoms with Crippen LogP contribution < -0.4 is 5.32 Å². The molecule has 8 heteroatoms. The van der Waals surface area contributed by atoms with E-state index in [9.17, 15) is 19.8 Å². The van der Waals surface area contributed by atoms with Gasteiger partial charge in [-0.05, 0) is 30.5 Å². The summed E-state index contributed by atoms with van der Waals surface area (Å²) in [5, 5.41) is 27.0. The molecule has 2 aromatic rings. The minimum Gasteiger partial charge on any atom is -0.504 e. The Hall–Kier alpha value is -3.29. The fourth-order valence-corrected chi connectivity index (χ4v) is 3.54. The van der Waals surface area contributed by atoms with Crippen molar-refractivity contribution in [2.24, 2.45) is 0 Å². The van der Waals surface area contributed by atoms with E-state index in [1.807, 2.05) is 0 Å². The minimum absolute atomic E-state index is 0.00270. The van der Waals surface area contributed by atoms with Crippen LogP contribution in [0.2, 0.25) is 0 Å². The molecular weight excluding hydrogens is 338 g/mol. The molecular formula is C18H17N3O5. The number of allylic oxidation sites excluding steroid dienone is 2. The average molecular weight is 355 g/mol. The normalized spacial score (nSPS) is 18.8. The topological polar surface area (TPSA) is 114 Å². The van der Waals surface area contributed by atoms with Gasteiger partial charge in [0.25, 0.3) is 0 Å². The van der Waals surface area contributed by atoms with E-state index in [-0.39, 0.29) is 22.8 Å². The van der Waals surface area contributed by atoms with Gasteiger partial charge in [0.2, 0.25) is 0 Å². The second-order valence-electron chi connectivity index (χ2n) is 6.29. The van der Waals surface area contributed by atoms with Crippen molar-refractivity contribution in [1.29, 1.82) is 0 Å². The zero-order valence-corrected chi connectivity index (χ0v) is 14.0. The lowest BCUT2D eigenvalue weighted by molar-refractivity contribution is -0.116. The van der Waals surface area contributed by atoms with E-state index < -0.39 is 12.0 Å². The lowest BCUT2D eigenvalue weighted by Gasteiger charge is -2.33. The molecule has 26 heavy (non-hydrogen) atoms. The molecule has 0 unspecified atom stereocenters. The van der Waals surface area contributed by atoms with Crippen LogP contribution in [0.25, 0.3) is 0 Å². The average Bonchev–Trinajstić information content (AvgIpc) is 3.05. The number of carbonyl (C=O) groups is 2. The Balaban J connectivity index is 1.93. The lowest BCUT2D eigenvalue weighted by atomic mass is 9.85. The number of nitrogens with zero attached hydrogens (tertiary/aromatic N) is 2. The monoisotopic (exact) mass is 355 g/mol.